The van der Waals surface area contributed by atoms with Crippen LogP contribution in [0.2, 0.25) is 0 Å². The number of rotatable bonds is 4. The molecule has 0 radical (unpaired) electrons. The van der Waals surface area contributed by atoms with Crippen molar-refractivity contribution in [3.8, 4) is 0 Å². The van der Waals surface area contributed by atoms with E-state index in [2.05, 4.69) is 43.4 Å². The van der Waals surface area contributed by atoms with E-state index in [1.54, 1.807) is 0 Å². The van der Waals surface area contributed by atoms with Crippen LogP contribution in [-0.4, -0.2) is 4.99 Å². The minimum Gasteiger partial charge on any atom is -0.389 e. The molecule has 0 aliphatic rings. The number of hydrogen-bond acceptors (Lipinski definition) is 2. The highest BCUT2D eigenvalue weighted by Crippen LogP contribution is 2.28. The molecule has 3 heteroatoms. The Bertz CT molecular complexity index is 633. The van der Waals surface area contributed by atoms with Gasteiger partial charge in [0.05, 0.1) is 0 Å². The minimum absolute atomic E-state index is 0.415. The Kier molecular flexibility index (Phi) is 4.40. The zero-order valence-corrected chi connectivity index (χ0v) is 12.9. The Morgan fingerprint density at radius 1 is 1.10 bits per heavy atom. The van der Waals surface area contributed by atoms with Crippen LogP contribution in [0.15, 0.2) is 42.5 Å². The molecule has 0 saturated heterocycles. The molecule has 2 nitrogen and oxygen atoms in total. The number of hydrogen-bond donors (Lipinski definition) is 2. The van der Waals surface area contributed by atoms with Crippen LogP contribution in [0.25, 0.3) is 0 Å². The fraction of sp³-hybridized carbons (Fsp3) is 0.235. The predicted octanol–water partition coefficient (Wildman–Crippen LogP) is 4.50. The van der Waals surface area contributed by atoms with Crippen LogP contribution in [0.1, 0.15) is 36.5 Å². The Labute approximate surface area is 126 Å². The summed E-state index contributed by atoms with van der Waals surface area (Å²) in [5, 5.41) is 3.46. The second kappa shape index (κ2) is 6.06. The van der Waals surface area contributed by atoms with Crippen LogP contribution >= 0.6 is 12.2 Å². The van der Waals surface area contributed by atoms with Gasteiger partial charge in [-0.05, 0) is 36.6 Å². The lowest BCUT2D eigenvalue weighted by atomic mass is 10.0. The molecule has 0 fully saturated rings. The van der Waals surface area contributed by atoms with Crippen molar-refractivity contribution in [2.75, 3.05) is 5.32 Å². The average molecular weight is 284 g/mol. The molecule has 2 aromatic rings. The van der Waals surface area contributed by atoms with E-state index >= 15 is 0 Å². The van der Waals surface area contributed by atoms with E-state index < -0.39 is 0 Å². The van der Waals surface area contributed by atoms with Gasteiger partial charge in [0.25, 0.3) is 0 Å². The summed E-state index contributed by atoms with van der Waals surface area (Å²) in [5.74, 6) is 0.456. The first-order chi connectivity index (χ1) is 9.49. The summed E-state index contributed by atoms with van der Waals surface area (Å²) in [5.41, 5.74) is 11.2. The van der Waals surface area contributed by atoms with E-state index in [9.17, 15) is 0 Å². The number of anilines is 2. The van der Waals surface area contributed by atoms with Crippen LogP contribution in [0.5, 0.6) is 0 Å². The van der Waals surface area contributed by atoms with E-state index in [1.165, 1.54) is 5.56 Å². The smallest absolute Gasteiger partial charge is 0.106 e. The first-order valence-electron chi connectivity index (χ1n) is 6.75. The molecule has 3 N–H and O–H groups in total. The normalized spacial score (nSPS) is 10.6. The van der Waals surface area contributed by atoms with Gasteiger partial charge in [-0.15, -0.1) is 0 Å². The van der Waals surface area contributed by atoms with Crippen LogP contribution in [0.4, 0.5) is 11.4 Å². The molecular formula is C17H20N2S. The summed E-state index contributed by atoms with van der Waals surface area (Å²) in [7, 11) is 0. The lowest BCUT2D eigenvalue weighted by Crippen LogP contribution is -2.12. The highest BCUT2D eigenvalue weighted by atomic mass is 32.1. The summed E-state index contributed by atoms with van der Waals surface area (Å²) in [4.78, 5) is 0.415. The standard InChI is InChI=1S/C17H20N2S/c1-11(2)13-6-4-5-7-15(13)19-16-9-8-12(3)10-14(16)17(18)20/h4-11,19H,1-3H3,(H2,18,20). The number of nitrogens with two attached hydrogens (primary N) is 1. The third-order valence-electron chi connectivity index (χ3n) is 3.29. The quantitative estimate of drug-likeness (QED) is 0.812. The number of thiocarbonyl (C=S) groups is 1. The summed E-state index contributed by atoms with van der Waals surface area (Å²) in [6.07, 6.45) is 0. The maximum Gasteiger partial charge on any atom is 0.106 e. The highest BCUT2D eigenvalue weighted by Gasteiger charge is 2.09. The molecule has 0 atom stereocenters. The van der Waals surface area contributed by atoms with E-state index in [1.807, 2.05) is 25.1 Å². The molecule has 0 bridgehead atoms. The number of benzene rings is 2. The fourth-order valence-electron chi connectivity index (χ4n) is 2.23. The Hall–Kier alpha value is -1.87. The summed E-state index contributed by atoms with van der Waals surface area (Å²) >= 11 is 5.15. The molecule has 0 unspecified atom stereocenters. The molecule has 0 spiro atoms. The van der Waals surface area contributed by atoms with Gasteiger partial charge >= 0.3 is 0 Å². The number of aryl methyl sites for hydroxylation is 1. The molecule has 0 amide bonds. The maximum atomic E-state index is 5.83. The Morgan fingerprint density at radius 2 is 1.80 bits per heavy atom. The Balaban J connectivity index is 2.43. The SMILES string of the molecule is Cc1ccc(Nc2ccccc2C(C)C)c(C(N)=S)c1. The summed E-state index contributed by atoms with van der Waals surface area (Å²) < 4.78 is 0. The van der Waals surface area contributed by atoms with Crippen molar-refractivity contribution in [2.45, 2.75) is 26.7 Å². The van der Waals surface area contributed by atoms with Gasteiger partial charge in [0.15, 0.2) is 0 Å². The van der Waals surface area contributed by atoms with Crippen molar-refractivity contribution in [1.82, 2.24) is 0 Å². The van der Waals surface area contributed by atoms with Crippen LogP contribution < -0.4 is 11.1 Å². The number of para-hydroxylation sites is 1. The molecule has 0 heterocycles. The van der Waals surface area contributed by atoms with Gasteiger partial charge < -0.3 is 11.1 Å². The maximum absolute atomic E-state index is 5.83. The molecule has 2 aromatic carbocycles. The van der Waals surface area contributed by atoms with Gasteiger partial charge in [0.1, 0.15) is 4.99 Å². The van der Waals surface area contributed by atoms with Crippen LogP contribution in [0, 0.1) is 6.92 Å². The van der Waals surface area contributed by atoms with Crippen molar-refractivity contribution >= 4 is 28.6 Å². The average Bonchev–Trinajstić information content (AvgIpc) is 2.41. The third-order valence-corrected chi connectivity index (χ3v) is 3.51. The molecule has 0 aliphatic carbocycles. The monoisotopic (exact) mass is 284 g/mol. The molecule has 20 heavy (non-hydrogen) atoms. The highest BCUT2D eigenvalue weighted by molar-refractivity contribution is 7.80. The first kappa shape index (κ1) is 14.5. The predicted molar refractivity (Wildman–Crippen MR) is 90.9 cm³/mol. The zero-order valence-electron chi connectivity index (χ0n) is 12.1. The van der Waals surface area contributed by atoms with E-state index in [-0.39, 0.29) is 0 Å². The molecule has 0 aromatic heterocycles. The van der Waals surface area contributed by atoms with Gasteiger partial charge in [-0.2, -0.15) is 0 Å². The van der Waals surface area contributed by atoms with Gasteiger partial charge in [0.2, 0.25) is 0 Å². The minimum atomic E-state index is 0.415. The van der Waals surface area contributed by atoms with E-state index in [0.717, 1.165) is 22.5 Å². The van der Waals surface area contributed by atoms with Crippen molar-refractivity contribution in [1.29, 1.82) is 0 Å². The van der Waals surface area contributed by atoms with Crippen molar-refractivity contribution in [2.24, 2.45) is 5.73 Å². The van der Waals surface area contributed by atoms with Gasteiger partial charge in [-0.3, -0.25) is 0 Å². The van der Waals surface area contributed by atoms with Crippen molar-refractivity contribution in [3.63, 3.8) is 0 Å². The lowest BCUT2D eigenvalue weighted by Gasteiger charge is -2.17. The first-order valence-corrected chi connectivity index (χ1v) is 7.16. The molecule has 0 saturated carbocycles. The van der Waals surface area contributed by atoms with Gasteiger partial charge in [-0.1, -0.05) is 55.9 Å². The molecule has 104 valence electrons. The largest absolute Gasteiger partial charge is 0.389 e. The lowest BCUT2D eigenvalue weighted by molar-refractivity contribution is 0.869. The van der Waals surface area contributed by atoms with Gasteiger partial charge in [0, 0.05) is 16.9 Å². The van der Waals surface area contributed by atoms with Gasteiger partial charge in [-0.25, -0.2) is 0 Å². The van der Waals surface area contributed by atoms with E-state index in [4.69, 9.17) is 18.0 Å². The summed E-state index contributed by atoms with van der Waals surface area (Å²) in [6, 6.07) is 14.4. The molecule has 2 rings (SSSR count). The molecule has 0 aliphatic heterocycles. The second-order valence-electron chi connectivity index (χ2n) is 5.28. The summed E-state index contributed by atoms with van der Waals surface area (Å²) in [6.45, 7) is 6.40. The van der Waals surface area contributed by atoms with Crippen LogP contribution in [0.3, 0.4) is 0 Å². The van der Waals surface area contributed by atoms with Crippen LogP contribution in [-0.2, 0) is 0 Å². The van der Waals surface area contributed by atoms with E-state index in [0.29, 0.717) is 10.9 Å². The Morgan fingerprint density at radius 3 is 2.45 bits per heavy atom. The number of nitrogens with one attached hydrogen (secondary N) is 1. The van der Waals surface area contributed by atoms with Crippen molar-refractivity contribution in [3.05, 3.63) is 59.2 Å². The zero-order chi connectivity index (χ0) is 14.7. The molecular weight excluding hydrogens is 264 g/mol. The topological polar surface area (TPSA) is 38.0 Å². The second-order valence-corrected chi connectivity index (χ2v) is 5.72. The third kappa shape index (κ3) is 3.17. The van der Waals surface area contributed by atoms with Crippen molar-refractivity contribution < 1.29 is 0 Å². The fourth-order valence-corrected chi connectivity index (χ4v) is 2.40.